The summed E-state index contributed by atoms with van der Waals surface area (Å²) in [5.41, 5.74) is -0.794. The maximum atomic E-state index is 13.1. The van der Waals surface area contributed by atoms with Crippen LogP contribution in [0.3, 0.4) is 0 Å². The summed E-state index contributed by atoms with van der Waals surface area (Å²) in [6, 6.07) is 0. The SMILES string of the molecule is CC(C)(C)CC(C)(C)N1CC(=O)NC2(CCCCC2)C1=O. The predicted octanol–water partition coefficient (Wildman–Crippen LogP) is 2.86. The highest BCUT2D eigenvalue weighted by Crippen LogP contribution is 2.37. The molecular weight excluding hydrogens is 264 g/mol. The molecule has 1 spiro atoms. The maximum Gasteiger partial charge on any atom is 0.249 e. The minimum absolute atomic E-state index is 0.00140. The molecule has 0 atom stereocenters. The van der Waals surface area contributed by atoms with Crippen LogP contribution in [0.2, 0.25) is 0 Å². The number of nitrogens with zero attached hydrogens (tertiary/aromatic N) is 1. The van der Waals surface area contributed by atoms with Gasteiger partial charge in [0.15, 0.2) is 0 Å². The van der Waals surface area contributed by atoms with Crippen molar-refractivity contribution < 1.29 is 9.59 Å². The Hall–Kier alpha value is -1.06. The molecule has 2 amide bonds. The summed E-state index contributed by atoms with van der Waals surface area (Å²) in [4.78, 5) is 27.1. The zero-order valence-electron chi connectivity index (χ0n) is 14.2. The van der Waals surface area contributed by atoms with Gasteiger partial charge in [0.2, 0.25) is 11.8 Å². The van der Waals surface area contributed by atoms with Gasteiger partial charge in [-0.15, -0.1) is 0 Å². The lowest BCUT2D eigenvalue weighted by Gasteiger charge is -2.51. The van der Waals surface area contributed by atoms with Gasteiger partial charge in [0.25, 0.3) is 0 Å². The molecule has 0 radical (unpaired) electrons. The van der Waals surface area contributed by atoms with E-state index in [1.54, 1.807) is 0 Å². The molecule has 2 rings (SSSR count). The minimum Gasteiger partial charge on any atom is -0.340 e. The number of piperazine rings is 1. The third-order valence-corrected chi connectivity index (χ3v) is 4.74. The number of hydrogen-bond donors (Lipinski definition) is 1. The molecular formula is C17H30N2O2. The molecule has 120 valence electrons. The molecule has 2 aliphatic rings. The van der Waals surface area contributed by atoms with Gasteiger partial charge in [-0.25, -0.2) is 0 Å². The Morgan fingerprint density at radius 3 is 2.14 bits per heavy atom. The van der Waals surface area contributed by atoms with E-state index >= 15 is 0 Å². The zero-order valence-corrected chi connectivity index (χ0v) is 14.2. The van der Waals surface area contributed by atoms with Crippen LogP contribution in [-0.2, 0) is 9.59 Å². The first-order valence-corrected chi connectivity index (χ1v) is 8.19. The standard InChI is InChI=1S/C17H30N2O2/c1-15(2,3)12-16(4,5)19-11-13(20)18-17(14(19)21)9-7-6-8-10-17/h6-12H2,1-5H3,(H,18,20). The fraction of sp³-hybridized carbons (Fsp3) is 0.882. The van der Waals surface area contributed by atoms with Gasteiger partial charge in [0.1, 0.15) is 12.1 Å². The number of carbonyl (C=O) groups is 2. The molecule has 0 aromatic carbocycles. The summed E-state index contributed by atoms with van der Waals surface area (Å²) in [6.07, 6.45) is 5.68. The van der Waals surface area contributed by atoms with E-state index in [1.165, 1.54) is 0 Å². The predicted molar refractivity (Wildman–Crippen MR) is 83.8 cm³/mol. The summed E-state index contributed by atoms with van der Waals surface area (Å²) in [5.74, 6) is 0.134. The molecule has 21 heavy (non-hydrogen) atoms. The monoisotopic (exact) mass is 294 g/mol. The lowest BCUT2D eigenvalue weighted by Crippen LogP contribution is -2.70. The Bertz CT molecular complexity index is 429. The summed E-state index contributed by atoms with van der Waals surface area (Å²) < 4.78 is 0. The van der Waals surface area contributed by atoms with Gasteiger partial charge in [-0.1, -0.05) is 40.0 Å². The quantitative estimate of drug-likeness (QED) is 0.851. The lowest BCUT2D eigenvalue weighted by atomic mass is 9.76. The van der Waals surface area contributed by atoms with Crippen molar-refractivity contribution in [3.05, 3.63) is 0 Å². The molecule has 1 N–H and O–H groups in total. The van der Waals surface area contributed by atoms with E-state index in [0.29, 0.717) is 0 Å². The van der Waals surface area contributed by atoms with E-state index < -0.39 is 5.54 Å². The third-order valence-electron chi connectivity index (χ3n) is 4.74. The average Bonchev–Trinajstić information content (AvgIpc) is 2.32. The molecule has 4 heteroatoms. The number of carbonyl (C=O) groups excluding carboxylic acids is 2. The smallest absolute Gasteiger partial charge is 0.249 e. The van der Waals surface area contributed by atoms with Gasteiger partial charge in [-0.2, -0.15) is 0 Å². The fourth-order valence-corrected chi connectivity index (χ4v) is 4.21. The van der Waals surface area contributed by atoms with E-state index in [1.807, 2.05) is 4.90 Å². The Morgan fingerprint density at radius 1 is 1.05 bits per heavy atom. The molecule has 0 bridgehead atoms. The topological polar surface area (TPSA) is 49.4 Å². The number of hydrogen-bond acceptors (Lipinski definition) is 2. The van der Waals surface area contributed by atoms with Crippen molar-refractivity contribution in [2.75, 3.05) is 6.54 Å². The Balaban J connectivity index is 2.26. The first-order valence-electron chi connectivity index (χ1n) is 8.19. The molecule has 4 nitrogen and oxygen atoms in total. The Labute approximate surface area is 128 Å². The van der Waals surface area contributed by atoms with E-state index in [0.717, 1.165) is 38.5 Å². The maximum absolute atomic E-state index is 13.1. The molecule has 0 aromatic heterocycles. The number of amides is 2. The van der Waals surface area contributed by atoms with E-state index in [9.17, 15) is 9.59 Å². The average molecular weight is 294 g/mol. The van der Waals surface area contributed by atoms with Crippen molar-refractivity contribution in [1.82, 2.24) is 10.2 Å². The second-order valence-corrected chi connectivity index (χ2v) is 8.63. The summed E-state index contributed by atoms with van der Waals surface area (Å²) >= 11 is 0. The summed E-state index contributed by atoms with van der Waals surface area (Å²) in [5, 5.41) is 3.02. The molecule has 1 aliphatic carbocycles. The van der Waals surface area contributed by atoms with Crippen LogP contribution in [0.25, 0.3) is 0 Å². The van der Waals surface area contributed by atoms with Crippen LogP contribution in [0.1, 0.15) is 73.1 Å². The largest absolute Gasteiger partial charge is 0.340 e. The highest BCUT2D eigenvalue weighted by Gasteiger charge is 2.50. The number of rotatable bonds is 2. The molecule has 0 aromatic rings. The Kier molecular flexibility index (Phi) is 4.11. The van der Waals surface area contributed by atoms with Crippen molar-refractivity contribution in [3.8, 4) is 0 Å². The van der Waals surface area contributed by atoms with E-state index in [-0.39, 0.29) is 29.3 Å². The van der Waals surface area contributed by atoms with Gasteiger partial charge in [0.05, 0.1) is 0 Å². The van der Waals surface area contributed by atoms with Gasteiger partial charge in [-0.3, -0.25) is 9.59 Å². The van der Waals surface area contributed by atoms with Crippen LogP contribution in [0.4, 0.5) is 0 Å². The van der Waals surface area contributed by atoms with Crippen molar-refractivity contribution in [3.63, 3.8) is 0 Å². The van der Waals surface area contributed by atoms with E-state index in [2.05, 4.69) is 39.9 Å². The molecule has 1 saturated carbocycles. The van der Waals surface area contributed by atoms with Crippen molar-refractivity contribution in [1.29, 1.82) is 0 Å². The minimum atomic E-state index is -0.622. The first-order chi connectivity index (χ1) is 9.56. The molecule has 0 unspecified atom stereocenters. The van der Waals surface area contributed by atoms with Crippen LogP contribution < -0.4 is 5.32 Å². The molecule has 1 heterocycles. The third kappa shape index (κ3) is 3.41. The lowest BCUT2D eigenvalue weighted by molar-refractivity contribution is -0.158. The molecule has 1 aliphatic heterocycles. The first kappa shape index (κ1) is 16.3. The molecule has 1 saturated heterocycles. The van der Waals surface area contributed by atoms with Crippen LogP contribution in [0.15, 0.2) is 0 Å². The van der Waals surface area contributed by atoms with Gasteiger partial charge < -0.3 is 10.2 Å². The van der Waals surface area contributed by atoms with Crippen LogP contribution in [0, 0.1) is 5.41 Å². The molecule has 2 fully saturated rings. The van der Waals surface area contributed by atoms with Crippen molar-refractivity contribution in [2.24, 2.45) is 5.41 Å². The summed E-state index contributed by atoms with van der Waals surface area (Å²) in [6.45, 7) is 10.9. The highest BCUT2D eigenvalue weighted by atomic mass is 16.2. The zero-order chi connectivity index (χ0) is 15.9. The van der Waals surface area contributed by atoms with Gasteiger partial charge in [0, 0.05) is 5.54 Å². The van der Waals surface area contributed by atoms with Crippen molar-refractivity contribution >= 4 is 11.8 Å². The van der Waals surface area contributed by atoms with Crippen LogP contribution in [0.5, 0.6) is 0 Å². The second-order valence-electron chi connectivity index (χ2n) is 8.63. The van der Waals surface area contributed by atoms with E-state index in [4.69, 9.17) is 0 Å². The number of nitrogens with one attached hydrogen (secondary N) is 1. The Morgan fingerprint density at radius 2 is 1.62 bits per heavy atom. The van der Waals surface area contributed by atoms with Crippen molar-refractivity contribution in [2.45, 2.75) is 84.2 Å². The highest BCUT2D eigenvalue weighted by molar-refractivity contribution is 5.98. The normalized spacial score (nSPS) is 23.4. The van der Waals surface area contributed by atoms with Crippen LogP contribution >= 0.6 is 0 Å². The second kappa shape index (κ2) is 5.29. The van der Waals surface area contributed by atoms with Gasteiger partial charge in [-0.05, 0) is 38.5 Å². The summed E-state index contributed by atoms with van der Waals surface area (Å²) in [7, 11) is 0. The fourth-order valence-electron chi connectivity index (χ4n) is 4.21. The van der Waals surface area contributed by atoms with Gasteiger partial charge >= 0.3 is 0 Å². The van der Waals surface area contributed by atoms with Crippen LogP contribution in [-0.4, -0.2) is 34.3 Å².